The van der Waals surface area contributed by atoms with Crippen molar-refractivity contribution < 1.29 is 19.1 Å². The molecule has 0 bridgehead atoms. The molecule has 148 valence electrons. The van der Waals surface area contributed by atoms with E-state index in [-0.39, 0.29) is 24.4 Å². The zero-order valence-corrected chi connectivity index (χ0v) is 16.3. The highest BCUT2D eigenvalue weighted by Gasteiger charge is 2.24. The molecule has 0 radical (unpaired) electrons. The lowest BCUT2D eigenvalue weighted by Gasteiger charge is -2.32. The monoisotopic (exact) mass is 375 g/mol. The van der Waals surface area contributed by atoms with Crippen LogP contribution in [0, 0.1) is 0 Å². The Morgan fingerprint density at radius 3 is 2.33 bits per heavy atom. The Morgan fingerprint density at radius 2 is 1.74 bits per heavy atom. The maximum absolute atomic E-state index is 12.2. The number of nitrogens with zero attached hydrogens (tertiary/aromatic N) is 1. The van der Waals surface area contributed by atoms with E-state index >= 15 is 0 Å². The number of benzene rings is 1. The number of amides is 3. The van der Waals surface area contributed by atoms with Crippen LogP contribution in [0.2, 0.25) is 0 Å². The van der Waals surface area contributed by atoms with E-state index in [1.807, 2.05) is 30.3 Å². The van der Waals surface area contributed by atoms with Gasteiger partial charge in [0.15, 0.2) is 0 Å². The van der Waals surface area contributed by atoms with Crippen LogP contribution < -0.4 is 10.6 Å². The van der Waals surface area contributed by atoms with Crippen LogP contribution in [0.3, 0.4) is 0 Å². The molecule has 0 atom stereocenters. The lowest BCUT2D eigenvalue weighted by atomic mass is 10.0. The molecule has 0 aliphatic carbocycles. The summed E-state index contributed by atoms with van der Waals surface area (Å²) in [5, 5.41) is 5.52. The predicted molar refractivity (Wildman–Crippen MR) is 102 cm³/mol. The molecule has 0 unspecified atom stereocenters. The van der Waals surface area contributed by atoms with Gasteiger partial charge in [0.25, 0.3) is 0 Å². The second-order valence-electron chi connectivity index (χ2n) is 7.74. The van der Waals surface area contributed by atoms with Gasteiger partial charge < -0.3 is 20.3 Å². The van der Waals surface area contributed by atoms with Crippen molar-refractivity contribution in [2.75, 3.05) is 19.6 Å². The summed E-state index contributed by atoms with van der Waals surface area (Å²) in [6, 6.07) is 9.68. The Labute approximate surface area is 160 Å². The summed E-state index contributed by atoms with van der Waals surface area (Å²) in [4.78, 5) is 37.7. The van der Waals surface area contributed by atoms with E-state index in [4.69, 9.17) is 4.74 Å². The van der Waals surface area contributed by atoms with Crippen LogP contribution in [0.5, 0.6) is 0 Å². The van der Waals surface area contributed by atoms with E-state index in [9.17, 15) is 14.4 Å². The topological polar surface area (TPSA) is 87.7 Å². The highest BCUT2D eigenvalue weighted by atomic mass is 16.6. The molecule has 1 aliphatic heterocycles. The Bertz CT molecular complexity index is 647. The third-order valence-corrected chi connectivity index (χ3v) is 4.20. The summed E-state index contributed by atoms with van der Waals surface area (Å²) in [6.07, 6.45) is 1.18. The average molecular weight is 375 g/mol. The van der Waals surface area contributed by atoms with Crippen molar-refractivity contribution in [3.63, 3.8) is 0 Å². The maximum Gasteiger partial charge on any atom is 0.408 e. The molecule has 0 aromatic heterocycles. The molecule has 1 aromatic rings. The minimum Gasteiger partial charge on any atom is -0.444 e. The van der Waals surface area contributed by atoms with Gasteiger partial charge >= 0.3 is 6.09 Å². The van der Waals surface area contributed by atoms with Crippen molar-refractivity contribution >= 4 is 17.9 Å². The third-order valence-electron chi connectivity index (χ3n) is 4.20. The zero-order valence-electron chi connectivity index (χ0n) is 16.3. The Morgan fingerprint density at radius 1 is 1.11 bits per heavy atom. The third kappa shape index (κ3) is 7.68. The largest absolute Gasteiger partial charge is 0.444 e. The second kappa shape index (κ2) is 9.39. The van der Waals surface area contributed by atoms with E-state index in [1.165, 1.54) is 0 Å². The van der Waals surface area contributed by atoms with Gasteiger partial charge in [0, 0.05) is 19.1 Å². The highest BCUT2D eigenvalue weighted by Crippen LogP contribution is 2.11. The van der Waals surface area contributed by atoms with Gasteiger partial charge in [0.05, 0.1) is 6.42 Å². The predicted octanol–water partition coefficient (Wildman–Crippen LogP) is 1.86. The van der Waals surface area contributed by atoms with E-state index < -0.39 is 11.7 Å². The first-order chi connectivity index (χ1) is 12.7. The highest BCUT2D eigenvalue weighted by molar-refractivity contribution is 5.82. The summed E-state index contributed by atoms with van der Waals surface area (Å²) >= 11 is 0. The molecule has 2 N–H and O–H groups in total. The lowest BCUT2D eigenvalue weighted by Crippen LogP contribution is -2.49. The number of likely N-dealkylation sites (tertiary alicyclic amines) is 1. The molecule has 1 saturated heterocycles. The first-order valence-corrected chi connectivity index (χ1v) is 9.31. The number of carbonyl (C=O) groups is 3. The number of piperidine rings is 1. The quantitative estimate of drug-likeness (QED) is 0.822. The Kier molecular flexibility index (Phi) is 7.21. The first-order valence-electron chi connectivity index (χ1n) is 9.31. The molecule has 2 rings (SSSR count). The molecule has 7 heteroatoms. The molecule has 1 aliphatic rings. The summed E-state index contributed by atoms with van der Waals surface area (Å²) in [6.45, 7) is 6.35. The smallest absolute Gasteiger partial charge is 0.408 e. The maximum atomic E-state index is 12.2. The van der Waals surface area contributed by atoms with Gasteiger partial charge in [-0.2, -0.15) is 0 Å². The number of ether oxygens (including phenoxy) is 1. The summed E-state index contributed by atoms with van der Waals surface area (Å²) in [5.74, 6) is -0.146. The molecule has 1 aromatic carbocycles. The van der Waals surface area contributed by atoms with Crippen LogP contribution in [0.15, 0.2) is 30.3 Å². The fourth-order valence-electron chi connectivity index (χ4n) is 2.91. The molecule has 0 spiro atoms. The van der Waals surface area contributed by atoms with Crippen LogP contribution in [-0.2, 0) is 20.7 Å². The molecular formula is C20H29N3O4. The molecular weight excluding hydrogens is 346 g/mol. The Balaban J connectivity index is 1.67. The van der Waals surface area contributed by atoms with Crippen LogP contribution in [0.25, 0.3) is 0 Å². The zero-order chi connectivity index (χ0) is 19.9. The lowest BCUT2D eigenvalue weighted by molar-refractivity contribution is -0.131. The normalized spacial score (nSPS) is 15.1. The van der Waals surface area contributed by atoms with Crippen molar-refractivity contribution in [3.05, 3.63) is 35.9 Å². The number of hydrogen-bond donors (Lipinski definition) is 2. The molecule has 27 heavy (non-hydrogen) atoms. The fourth-order valence-corrected chi connectivity index (χ4v) is 2.91. The van der Waals surface area contributed by atoms with E-state index in [1.54, 1.807) is 25.7 Å². The first kappa shape index (κ1) is 20.7. The van der Waals surface area contributed by atoms with Crippen LogP contribution in [-0.4, -0.2) is 54.1 Å². The number of rotatable bonds is 5. The summed E-state index contributed by atoms with van der Waals surface area (Å²) in [7, 11) is 0. The molecule has 1 heterocycles. The van der Waals surface area contributed by atoms with Crippen molar-refractivity contribution in [2.45, 2.75) is 51.7 Å². The van der Waals surface area contributed by atoms with Crippen LogP contribution in [0.4, 0.5) is 4.79 Å². The standard InChI is InChI=1S/C20H29N3O4/c1-20(2,3)27-19(26)21-14-18(25)23-11-9-16(10-12-23)22-17(24)13-15-7-5-4-6-8-15/h4-8,16H,9-14H2,1-3H3,(H,21,26)(H,22,24). The van der Waals surface area contributed by atoms with Crippen molar-refractivity contribution in [1.82, 2.24) is 15.5 Å². The average Bonchev–Trinajstić information content (AvgIpc) is 2.59. The second-order valence-corrected chi connectivity index (χ2v) is 7.74. The molecule has 1 fully saturated rings. The number of carbonyl (C=O) groups excluding carboxylic acids is 3. The van der Waals surface area contributed by atoms with Crippen molar-refractivity contribution in [3.8, 4) is 0 Å². The van der Waals surface area contributed by atoms with Gasteiger partial charge in [-0.05, 0) is 39.2 Å². The van der Waals surface area contributed by atoms with Gasteiger partial charge in [0.1, 0.15) is 12.1 Å². The van der Waals surface area contributed by atoms with Crippen LogP contribution in [0.1, 0.15) is 39.2 Å². The van der Waals surface area contributed by atoms with Crippen LogP contribution >= 0.6 is 0 Å². The van der Waals surface area contributed by atoms with Gasteiger partial charge in [-0.25, -0.2) is 4.79 Å². The van der Waals surface area contributed by atoms with Gasteiger partial charge in [-0.15, -0.1) is 0 Å². The fraction of sp³-hybridized carbons (Fsp3) is 0.550. The van der Waals surface area contributed by atoms with E-state index in [2.05, 4.69) is 10.6 Å². The molecule has 0 saturated carbocycles. The Hall–Kier alpha value is -2.57. The van der Waals surface area contributed by atoms with E-state index in [0.717, 1.165) is 5.56 Å². The SMILES string of the molecule is CC(C)(C)OC(=O)NCC(=O)N1CCC(NC(=O)Cc2ccccc2)CC1. The number of nitrogens with one attached hydrogen (secondary N) is 2. The molecule has 3 amide bonds. The summed E-state index contributed by atoms with van der Waals surface area (Å²) in [5.41, 5.74) is 0.388. The minimum atomic E-state index is -0.598. The van der Waals surface area contributed by atoms with Crippen molar-refractivity contribution in [2.24, 2.45) is 0 Å². The van der Waals surface area contributed by atoms with Gasteiger partial charge in [0.2, 0.25) is 11.8 Å². The van der Waals surface area contributed by atoms with Gasteiger partial charge in [-0.3, -0.25) is 9.59 Å². The van der Waals surface area contributed by atoms with Gasteiger partial charge in [-0.1, -0.05) is 30.3 Å². The molecule has 7 nitrogen and oxygen atoms in total. The summed E-state index contributed by atoms with van der Waals surface area (Å²) < 4.78 is 5.12. The van der Waals surface area contributed by atoms with Crippen molar-refractivity contribution in [1.29, 1.82) is 0 Å². The van der Waals surface area contributed by atoms with E-state index in [0.29, 0.717) is 32.4 Å². The minimum absolute atomic E-state index is 0.00225. The number of hydrogen-bond acceptors (Lipinski definition) is 4. The number of alkyl carbamates (subject to hydrolysis) is 1.